The van der Waals surface area contributed by atoms with Crippen LogP contribution in [0.3, 0.4) is 0 Å². The Balaban J connectivity index is 2.24. The number of pyridine rings is 1. The van der Waals surface area contributed by atoms with Gasteiger partial charge in [-0.05, 0) is 43.2 Å². The van der Waals surface area contributed by atoms with E-state index in [1.54, 1.807) is 0 Å². The molecule has 0 spiro atoms. The Morgan fingerprint density at radius 2 is 2.00 bits per heavy atom. The highest BCUT2D eigenvalue weighted by atomic mass is 19.1. The third-order valence-corrected chi connectivity index (χ3v) is 2.59. The van der Waals surface area contributed by atoms with Crippen LogP contribution in [-0.2, 0) is 0 Å². The summed E-state index contributed by atoms with van der Waals surface area (Å²) in [5.74, 6) is -1.08. The molecule has 0 bridgehead atoms. The molecule has 1 N–H and O–H groups in total. The summed E-state index contributed by atoms with van der Waals surface area (Å²) < 4.78 is 12.9. The number of halogens is 1. The van der Waals surface area contributed by atoms with Crippen LogP contribution >= 0.6 is 0 Å². The summed E-state index contributed by atoms with van der Waals surface area (Å²) in [5, 5.41) is 2.73. The van der Waals surface area contributed by atoms with Crippen molar-refractivity contribution in [2.24, 2.45) is 0 Å². The Hall–Kier alpha value is -2.23. The zero-order chi connectivity index (χ0) is 13.1. The molecule has 18 heavy (non-hydrogen) atoms. The van der Waals surface area contributed by atoms with Gasteiger partial charge >= 0.3 is 0 Å². The molecule has 2 aromatic rings. The van der Waals surface area contributed by atoms with Crippen molar-refractivity contribution in [2.75, 3.05) is 5.32 Å². The predicted molar refractivity (Wildman–Crippen MR) is 68.1 cm³/mol. The van der Waals surface area contributed by atoms with Gasteiger partial charge in [0.1, 0.15) is 5.69 Å². The highest BCUT2D eigenvalue weighted by Gasteiger charge is 2.09. The lowest BCUT2D eigenvalue weighted by Gasteiger charge is -2.08. The molecular weight excluding hydrogens is 231 g/mol. The molecule has 92 valence electrons. The Kier molecular flexibility index (Phi) is 3.37. The van der Waals surface area contributed by atoms with E-state index in [0.717, 1.165) is 11.1 Å². The summed E-state index contributed by atoms with van der Waals surface area (Å²) in [6, 6.07) is 9.89. The number of nitrogens with one attached hydrogen (secondary N) is 1. The van der Waals surface area contributed by atoms with Crippen molar-refractivity contribution in [3.63, 3.8) is 0 Å². The monoisotopic (exact) mass is 244 g/mol. The topological polar surface area (TPSA) is 42.0 Å². The minimum Gasteiger partial charge on any atom is -0.320 e. The molecule has 0 aliphatic rings. The molecule has 1 heterocycles. The van der Waals surface area contributed by atoms with E-state index in [2.05, 4.69) is 10.3 Å². The van der Waals surface area contributed by atoms with Gasteiger partial charge in [-0.3, -0.25) is 4.79 Å². The van der Waals surface area contributed by atoms with Crippen molar-refractivity contribution in [1.82, 2.24) is 4.98 Å². The summed E-state index contributed by atoms with van der Waals surface area (Å²) in [7, 11) is 0. The van der Waals surface area contributed by atoms with Crippen LogP contribution in [-0.4, -0.2) is 10.9 Å². The van der Waals surface area contributed by atoms with E-state index in [1.807, 2.05) is 32.0 Å². The second-order valence-corrected chi connectivity index (χ2v) is 4.12. The van der Waals surface area contributed by atoms with Gasteiger partial charge in [0.25, 0.3) is 5.91 Å². The van der Waals surface area contributed by atoms with Gasteiger partial charge in [-0.25, -0.2) is 4.98 Å². The smallest absolute Gasteiger partial charge is 0.274 e. The molecule has 0 saturated carbocycles. The van der Waals surface area contributed by atoms with Crippen molar-refractivity contribution in [3.05, 3.63) is 59.2 Å². The standard InChI is InChI=1S/C14H13FN2O/c1-9-6-7-10(2)12(8-9)17-14(18)11-4-3-5-13(15)16-11/h3-8H,1-2H3,(H,17,18). The quantitative estimate of drug-likeness (QED) is 0.825. The number of aryl methyl sites for hydroxylation is 2. The number of benzene rings is 1. The van der Waals surface area contributed by atoms with Gasteiger partial charge in [0.05, 0.1) is 0 Å². The van der Waals surface area contributed by atoms with Crippen molar-refractivity contribution < 1.29 is 9.18 Å². The summed E-state index contributed by atoms with van der Waals surface area (Å²) in [6.07, 6.45) is 0. The maximum atomic E-state index is 12.9. The molecular formula is C14H13FN2O. The van der Waals surface area contributed by atoms with Crippen LogP contribution in [0.5, 0.6) is 0 Å². The first-order chi connectivity index (χ1) is 8.56. The molecule has 0 atom stereocenters. The fourth-order valence-corrected chi connectivity index (χ4v) is 1.59. The first-order valence-electron chi connectivity index (χ1n) is 5.57. The number of anilines is 1. The fraction of sp³-hybridized carbons (Fsp3) is 0.143. The van der Waals surface area contributed by atoms with E-state index >= 15 is 0 Å². The van der Waals surface area contributed by atoms with Crippen molar-refractivity contribution in [2.45, 2.75) is 13.8 Å². The molecule has 1 amide bonds. The molecule has 4 heteroatoms. The third kappa shape index (κ3) is 2.71. The summed E-state index contributed by atoms with van der Waals surface area (Å²) in [5.41, 5.74) is 2.77. The van der Waals surface area contributed by atoms with E-state index in [4.69, 9.17) is 0 Å². The van der Waals surface area contributed by atoms with Gasteiger partial charge < -0.3 is 5.32 Å². The number of hydrogen-bond donors (Lipinski definition) is 1. The summed E-state index contributed by atoms with van der Waals surface area (Å²) in [6.45, 7) is 3.84. The van der Waals surface area contributed by atoms with Gasteiger partial charge in [-0.1, -0.05) is 18.2 Å². The van der Waals surface area contributed by atoms with E-state index in [9.17, 15) is 9.18 Å². The highest BCUT2D eigenvalue weighted by Crippen LogP contribution is 2.17. The number of amides is 1. The Morgan fingerprint density at radius 1 is 1.22 bits per heavy atom. The molecule has 0 aliphatic heterocycles. The van der Waals surface area contributed by atoms with Crippen LogP contribution in [0.15, 0.2) is 36.4 Å². The predicted octanol–water partition coefficient (Wildman–Crippen LogP) is 3.09. The fourth-order valence-electron chi connectivity index (χ4n) is 1.59. The lowest BCUT2D eigenvalue weighted by atomic mass is 10.1. The lowest BCUT2D eigenvalue weighted by molar-refractivity contribution is 0.102. The van der Waals surface area contributed by atoms with E-state index in [0.29, 0.717) is 5.69 Å². The van der Waals surface area contributed by atoms with Crippen LogP contribution in [0, 0.1) is 19.8 Å². The van der Waals surface area contributed by atoms with E-state index in [-0.39, 0.29) is 5.69 Å². The number of rotatable bonds is 2. The molecule has 0 radical (unpaired) electrons. The number of aromatic nitrogens is 1. The minimum absolute atomic E-state index is 0.0657. The Labute approximate surface area is 105 Å². The first-order valence-corrected chi connectivity index (χ1v) is 5.57. The molecule has 2 rings (SSSR count). The average Bonchev–Trinajstić information content (AvgIpc) is 2.34. The molecule has 0 aliphatic carbocycles. The van der Waals surface area contributed by atoms with Gasteiger partial charge in [0.15, 0.2) is 0 Å². The average molecular weight is 244 g/mol. The second kappa shape index (κ2) is 4.96. The van der Waals surface area contributed by atoms with Crippen LogP contribution in [0.25, 0.3) is 0 Å². The highest BCUT2D eigenvalue weighted by molar-refractivity contribution is 6.03. The molecule has 1 aromatic carbocycles. The second-order valence-electron chi connectivity index (χ2n) is 4.12. The molecule has 3 nitrogen and oxygen atoms in total. The van der Waals surface area contributed by atoms with Crippen molar-refractivity contribution >= 4 is 11.6 Å². The lowest BCUT2D eigenvalue weighted by Crippen LogP contribution is -2.15. The zero-order valence-electron chi connectivity index (χ0n) is 10.2. The number of carbonyl (C=O) groups is 1. The molecule has 0 saturated heterocycles. The van der Waals surface area contributed by atoms with Crippen molar-refractivity contribution in [3.8, 4) is 0 Å². The first kappa shape index (κ1) is 12.2. The molecule has 0 unspecified atom stereocenters. The zero-order valence-corrected chi connectivity index (χ0v) is 10.2. The largest absolute Gasteiger partial charge is 0.320 e. The molecule has 0 fully saturated rings. The van der Waals surface area contributed by atoms with Crippen LogP contribution in [0.2, 0.25) is 0 Å². The van der Waals surface area contributed by atoms with Crippen LogP contribution in [0.1, 0.15) is 21.6 Å². The number of hydrogen-bond acceptors (Lipinski definition) is 2. The normalized spacial score (nSPS) is 10.2. The third-order valence-electron chi connectivity index (χ3n) is 2.59. The summed E-state index contributed by atoms with van der Waals surface area (Å²) >= 11 is 0. The van der Waals surface area contributed by atoms with Crippen LogP contribution < -0.4 is 5.32 Å². The minimum atomic E-state index is -0.663. The Bertz CT molecular complexity index is 596. The number of nitrogens with zero attached hydrogens (tertiary/aromatic N) is 1. The number of carbonyl (C=O) groups excluding carboxylic acids is 1. The maximum Gasteiger partial charge on any atom is 0.274 e. The van der Waals surface area contributed by atoms with Gasteiger partial charge in [0, 0.05) is 5.69 Å². The van der Waals surface area contributed by atoms with Gasteiger partial charge in [-0.15, -0.1) is 0 Å². The Morgan fingerprint density at radius 3 is 2.72 bits per heavy atom. The van der Waals surface area contributed by atoms with E-state index < -0.39 is 11.9 Å². The van der Waals surface area contributed by atoms with Crippen LogP contribution in [0.4, 0.5) is 10.1 Å². The molecule has 1 aromatic heterocycles. The maximum absolute atomic E-state index is 12.9. The summed E-state index contributed by atoms with van der Waals surface area (Å²) in [4.78, 5) is 15.4. The van der Waals surface area contributed by atoms with Gasteiger partial charge in [-0.2, -0.15) is 4.39 Å². The van der Waals surface area contributed by atoms with E-state index in [1.165, 1.54) is 18.2 Å². The van der Waals surface area contributed by atoms with Gasteiger partial charge in [0.2, 0.25) is 5.95 Å². The van der Waals surface area contributed by atoms with Crippen molar-refractivity contribution in [1.29, 1.82) is 0 Å². The SMILES string of the molecule is Cc1ccc(C)c(NC(=O)c2cccc(F)n2)c1.